The normalized spacial score (nSPS) is 16.5. The molecule has 1 aliphatic rings. The maximum atomic E-state index is 13.5. The molecule has 1 fully saturated rings. The van der Waals surface area contributed by atoms with Crippen molar-refractivity contribution in [3.05, 3.63) is 34.1 Å². The summed E-state index contributed by atoms with van der Waals surface area (Å²) >= 11 is 3.28. The van der Waals surface area contributed by atoms with E-state index >= 15 is 0 Å². The molecule has 17 heavy (non-hydrogen) atoms. The maximum absolute atomic E-state index is 13.5. The highest BCUT2D eigenvalue weighted by Crippen LogP contribution is 2.18. The predicted molar refractivity (Wildman–Crippen MR) is 65.4 cm³/mol. The Labute approximate surface area is 107 Å². The standard InChI is InChI=1S/C11H13BrFN3O/c12-9-2-3-10(13)8(6-9)7-15-4-1-5-16(14)11(15)17/h2-3,6H,1,4-5,7,14H2. The van der Waals surface area contributed by atoms with E-state index in [9.17, 15) is 9.18 Å². The fourth-order valence-corrected chi connectivity index (χ4v) is 2.23. The third-order valence-corrected chi connectivity index (χ3v) is 3.21. The maximum Gasteiger partial charge on any atom is 0.334 e. The van der Waals surface area contributed by atoms with Crippen LogP contribution in [0.25, 0.3) is 0 Å². The van der Waals surface area contributed by atoms with E-state index in [0.717, 1.165) is 10.9 Å². The van der Waals surface area contributed by atoms with Crippen LogP contribution in [-0.2, 0) is 6.54 Å². The number of urea groups is 1. The summed E-state index contributed by atoms with van der Waals surface area (Å²) in [4.78, 5) is 13.3. The van der Waals surface area contributed by atoms with Crippen LogP contribution in [0.5, 0.6) is 0 Å². The van der Waals surface area contributed by atoms with Gasteiger partial charge in [0.15, 0.2) is 0 Å². The van der Waals surface area contributed by atoms with Crippen molar-refractivity contribution in [1.29, 1.82) is 0 Å². The minimum atomic E-state index is -0.310. The number of rotatable bonds is 2. The zero-order chi connectivity index (χ0) is 12.4. The monoisotopic (exact) mass is 301 g/mol. The molecule has 1 aliphatic heterocycles. The Morgan fingerprint density at radius 2 is 2.18 bits per heavy atom. The molecule has 92 valence electrons. The quantitative estimate of drug-likeness (QED) is 0.672. The molecule has 0 saturated carbocycles. The van der Waals surface area contributed by atoms with Crippen molar-refractivity contribution in [2.45, 2.75) is 13.0 Å². The SMILES string of the molecule is NN1CCCN(Cc2cc(Br)ccc2F)C1=O. The molecule has 2 amide bonds. The third-order valence-electron chi connectivity index (χ3n) is 2.71. The van der Waals surface area contributed by atoms with Crippen LogP contribution in [0.4, 0.5) is 9.18 Å². The molecule has 0 atom stereocenters. The molecule has 1 heterocycles. The van der Waals surface area contributed by atoms with E-state index in [1.165, 1.54) is 11.1 Å². The van der Waals surface area contributed by atoms with Gasteiger partial charge in [-0.25, -0.2) is 15.0 Å². The van der Waals surface area contributed by atoms with E-state index in [1.54, 1.807) is 17.0 Å². The molecule has 0 unspecified atom stereocenters. The van der Waals surface area contributed by atoms with Crippen LogP contribution in [0.3, 0.4) is 0 Å². The Hall–Kier alpha value is -1.14. The lowest BCUT2D eigenvalue weighted by Crippen LogP contribution is -2.52. The molecule has 4 nitrogen and oxygen atoms in total. The number of nitrogens with zero attached hydrogens (tertiary/aromatic N) is 2. The number of hydrogen-bond acceptors (Lipinski definition) is 2. The first kappa shape index (κ1) is 12.3. The zero-order valence-corrected chi connectivity index (χ0v) is 10.8. The van der Waals surface area contributed by atoms with Crippen molar-refractivity contribution in [1.82, 2.24) is 9.91 Å². The Bertz CT molecular complexity index is 441. The molecule has 1 aromatic carbocycles. The van der Waals surface area contributed by atoms with Gasteiger partial charge in [-0.3, -0.25) is 5.01 Å². The van der Waals surface area contributed by atoms with Crippen molar-refractivity contribution < 1.29 is 9.18 Å². The average Bonchev–Trinajstić information content (AvgIpc) is 2.30. The lowest BCUT2D eigenvalue weighted by atomic mass is 10.2. The van der Waals surface area contributed by atoms with Gasteiger partial charge in [-0.2, -0.15) is 0 Å². The summed E-state index contributed by atoms with van der Waals surface area (Å²) in [5.74, 6) is 5.22. The summed E-state index contributed by atoms with van der Waals surface area (Å²) in [6, 6.07) is 4.44. The van der Waals surface area contributed by atoms with Gasteiger partial charge in [-0.15, -0.1) is 0 Å². The van der Waals surface area contributed by atoms with Gasteiger partial charge in [0.2, 0.25) is 0 Å². The first-order valence-electron chi connectivity index (χ1n) is 5.33. The van der Waals surface area contributed by atoms with Gasteiger partial charge in [-0.1, -0.05) is 15.9 Å². The van der Waals surface area contributed by atoms with Gasteiger partial charge in [0.1, 0.15) is 5.82 Å². The largest absolute Gasteiger partial charge is 0.334 e. The van der Waals surface area contributed by atoms with Gasteiger partial charge in [0, 0.05) is 23.1 Å². The number of nitrogens with two attached hydrogens (primary N) is 1. The average molecular weight is 302 g/mol. The second-order valence-corrected chi connectivity index (χ2v) is 4.90. The van der Waals surface area contributed by atoms with Crippen LogP contribution in [0.1, 0.15) is 12.0 Å². The Kier molecular flexibility index (Phi) is 3.63. The second-order valence-electron chi connectivity index (χ2n) is 3.99. The highest BCUT2D eigenvalue weighted by molar-refractivity contribution is 9.10. The minimum Gasteiger partial charge on any atom is -0.319 e. The highest BCUT2D eigenvalue weighted by Gasteiger charge is 2.24. The molecule has 2 rings (SSSR count). The van der Waals surface area contributed by atoms with Gasteiger partial charge < -0.3 is 4.90 Å². The second kappa shape index (κ2) is 5.01. The number of amides is 2. The van der Waals surface area contributed by atoms with Crippen LogP contribution >= 0.6 is 15.9 Å². The zero-order valence-electron chi connectivity index (χ0n) is 9.20. The summed E-state index contributed by atoms with van der Waals surface area (Å²) in [5.41, 5.74) is 0.489. The van der Waals surface area contributed by atoms with Crippen LogP contribution in [0.2, 0.25) is 0 Å². The Morgan fingerprint density at radius 1 is 1.41 bits per heavy atom. The van der Waals surface area contributed by atoms with E-state index in [4.69, 9.17) is 5.84 Å². The molecule has 6 heteroatoms. The van der Waals surface area contributed by atoms with Gasteiger partial charge in [0.25, 0.3) is 0 Å². The summed E-state index contributed by atoms with van der Waals surface area (Å²) in [5, 5.41) is 1.17. The molecule has 1 aromatic rings. The van der Waals surface area contributed by atoms with Crippen molar-refractivity contribution >= 4 is 22.0 Å². The van der Waals surface area contributed by atoms with Crippen molar-refractivity contribution in [2.75, 3.05) is 13.1 Å². The highest BCUT2D eigenvalue weighted by atomic mass is 79.9. The predicted octanol–water partition coefficient (Wildman–Crippen LogP) is 2.09. The third kappa shape index (κ3) is 2.76. The summed E-state index contributed by atoms with van der Waals surface area (Å²) in [6.07, 6.45) is 0.803. The molecule has 2 N–H and O–H groups in total. The van der Waals surface area contributed by atoms with E-state index in [1.807, 2.05) is 0 Å². The van der Waals surface area contributed by atoms with E-state index in [-0.39, 0.29) is 18.4 Å². The first-order chi connectivity index (χ1) is 8.08. The van der Waals surface area contributed by atoms with Gasteiger partial charge in [-0.05, 0) is 24.6 Å². The molecular weight excluding hydrogens is 289 g/mol. The number of carbonyl (C=O) groups is 1. The van der Waals surface area contributed by atoms with Crippen molar-refractivity contribution in [3.8, 4) is 0 Å². The van der Waals surface area contributed by atoms with E-state index in [2.05, 4.69) is 15.9 Å². The number of hydrogen-bond donors (Lipinski definition) is 1. The minimum absolute atomic E-state index is 0.248. The summed E-state index contributed by atoms with van der Waals surface area (Å²) in [7, 11) is 0. The van der Waals surface area contributed by atoms with Crippen molar-refractivity contribution in [3.63, 3.8) is 0 Å². The Balaban J connectivity index is 2.14. The molecule has 0 aliphatic carbocycles. The lowest BCUT2D eigenvalue weighted by molar-refractivity contribution is 0.126. The lowest BCUT2D eigenvalue weighted by Gasteiger charge is -2.32. The fourth-order valence-electron chi connectivity index (χ4n) is 1.82. The molecule has 0 aromatic heterocycles. The number of carbonyl (C=O) groups excluding carboxylic acids is 1. The van der Waals surface area contributed by atoms with Gasteiger partial charge in [0.05, 0.1) is 6.54 Å². The van der Waals surface area contributed by atoms with Crippen molar-refractivity contribution in [2.24, 2.45) is 5.84 Å². The summed E-state index contributed by atoms with van der Waals surface area (Å²) < 4.78 is 14.3. The van der Waals surface area contributed by atoms with Gasteiger partial charge >= 0.3 is 6.03 Å². The topological polar surface area (TPSA) is 49.6 Å². The van der Waals surface area contributed by atoms with Crippen LogP contribution < -0.4 is 5.84 Å². The molecule has 0 radical (unpaired) electrons. The number of halogens is 2. The fraction of sp³-hybridized carbons (Fsp3) is 0.364. The molecule has 1 saturated heterocycles. The van der Waals surface area contributed by atoms with E-state index < -0.39 is 0 Å². The van der Waals surface area contributed by atoms with Crippen LogP contribution in [-0.4, -0.2) is 29.0 Å². The molecular formula is C11H13BrFN3O. The first-order valence-corrected chi connectivity index (χ1v) is 6.12. The Morgan fingerprint density at radius 3 is 2.94 bits per heavy atom. The smallest absolute Gasteiger partial charge is 0.319 e. The molecule has 0 bridgehead atoms. The molecule has 0 spiro atoms. The summed E-state index contributed by atoms with van der Waals surface area (Å²) in [6.45, 7) is 1.41. The van der Waals surface area contributed by atoms with E-state index in [0.29, 0.717) is 18.7 Å². The van der Waals surface area contributed by atoms with Crippen LogP contribution in [0, 0.1) is 5.82 Å². The van der Waals surface area contributed by atoms with Crippen LogP contribution in [0.15, 0.2) is 22.7 Å². The number of benzene rings is 1. The number of hydrazine groups is 1.